The number of carbonyl (C=O) groups excluding carboxylic acids is 2. The van der Waals surface area contributed by atoms with Crippen molar-refractivity contribution in [2.75, 3.05) is 5.32 Å². The van der Waals surface area contributed by atoms with E-state index in [1.807, 2.05) is 0 Å². The Labute approximate surface area is 127 Å². The first-order chi connectivity index (χ1) is 10.6. The second-order valence-corrected chi connectivity index (χ2v) is 5.18. The summed E-state index contributed by atoms with van der Waals surface area (Å²) in [5.74, 6) is -0.945. The van der Waals surface area contributed by atoms with Crippen molar-refractivity contribution in [2.45, 2.75) is 0 Å². The van der Waals surface area contributed by atoms with Gasteiger partial charge in [-0.1, -0.05) is 17.4 Å². The van der Waals surface area contributed by atoms with Gasteiger partial charge in [-0.2, -0.15) is 0 Å². The summed E-state index contributed by atoms with van der Waals surface area (Å²) < 4.78 is 1.44. The zero-order valence-electron chi connectivity index (χ0n) is 11.0. The van der Waals surface area contributed by atoms with E-state index in [4.69, 9.17) is 5.73 Å². The van der Waals surface area contributed by atoms with E-state index >= 15 is 0 Å². The van der Waals surface area contributed by atoms with E-state index in [1.165, 1.54) is 17.2 Å². The first-order valence-electron chi connectivity index (χ1n) is 6.04. The average molecular weight is 315 g/mol. The topological polar surface area (TPSA) is 129 Å². The van der Waals surface area contributed by atoms with Gasteiger partial charge in [0.05, 0.1) is 11.9 Å². The van der Waals surface area contributed by atoms with Crippen molar-refractivity contribution in [3.8, 4) is 5.69 Å². The molecule has 0 fully saturated rings. The summed E-state index contributed by atoms with van der Waals surface area (Å²) >= 11 is 1.01. The van der Waals surface area contributed by atoms with Crippen LogP contribution in [0.25, 0.3) is 5.69 Å². The maximum atomic E-state index is 12.2. The predicted molar refractivity (Wildman–Crippen MR) is 77.7 cm³/mol. The van der Waals surface area contributed by atoms with Crippen LogP contribution in [-0.2, 0) is 0 Å². The molecule has 0 saturated carbocycles. The van der Waals surface area contributed by atoms with Crippen molar-refractivity contribution in [1.29, 1.82) is 0 Å². The monoisotopic (exact) mass is 315 g/mol. The van der Waals surface area contributed by atoms with Crippen LogP contribution in [0.15, 0.2) is 36.8 Å². The highest BCUT2D eigenvalue weighted by molar-refractivity contribution is 7.17. The van der Waals surface area contributed by atoms with Crippen LogP contribution in [0.1, 0.15) is 20.0 Å². The predicted octanol–water partition coefficient (Wildman–Crippen LogP) is 0.470. The van der Waals surface area contributed by atoms with E-state index in [9.17, 15) is 9.59 Å². The molecule has 0 atom stereocenters. The van der Waals surface area contributed by atoms with Crippen molar-refractivity contribution < 1.29 is 9.59 Å². The molecule has 9 nitrogen and oxygen atoms in total. The van der Waals surface area contributed by atoms with Gasteiger partial charge in [-0.25, -0.2) is 9.67 Å². The Morgan fingerprint density at radius 3 is 2.86 bits per heavy atom. The molecule has 2 aromatic heterocycles. The number of carbonyl (C=O) groups is 2. The van der Waals surface area contributed by atoms with Gasteiger partial charge in [-0.05, 0) is 28.6 Å². The van der Waals surface area contributed by atoms with Gasteiger partial charge < -0.3 is 5.73 Å². The normalized spacial score (nSPS) is 10.4. The molecule has 110 valence electrons. The number of hydrogen-bond donors (Lipinski definition) is 2. The minimum absolute atomic E-state index is 0.276. The Hall–Kier alpha value is -3.14. The Morgan fingerprint density at radius 1 is 1.32 bits per heavy atom. The first kappa shape index (κ1) is 13.8. The van der Waals surface area contributed by atoms with Crippen molar-refractivity contribution in [1.82, 2.24) is 25.2 Å². The van der Waals surface area contributed by atoms with E-state index in [-0.39, 0.29) is 10.8 Å². The second kappa shape index (κ2) is 5.69. The largest absolute Gasteiger partial charge is 0.365 e. The summed E-state index contributed by atoms with van der Waals surface area (Å²) in [7, 11) is 0. The van der Waals surface area contributed by atoms with Crippen LogP contribution >= 0.6 is 11.3 Å². The van der Waals surface area contributed by atoms with E-state index < -0.39 is 5.91 Å². The minimum atomic E-state index is -0.585. The van der Waals surface area contributed by atoms with Gasteiger partial charge in [-0.3, -0.25) is 14.9 Å². The Balaban J connectivity index is 1.80. The SMILES string of the molecule is NC(=O)c1cnc(NC(=O)c2cccc(-n3cnnn3)c2)s1. The number of aromatic nitrogens is 5. The maximum Gasteiger partial charge on any atom is 0.260 e. The molecule has 3 aromatic rings. The lowest BCUT2D eigenvalue weighted by molar-refractivity contribution is 0.100. The second-order valence-electron chi connectivity index (χ2n) is 4.15. The fourth-order valence-electron chi connectivity index (χ4n) is 1.68. The van der Waals surface area contributed by atoms with Gasteiger partial charge in [0.1, 0.15) is 11.2 Å². The number of nitrogens with zero attached hydrogens (tertiary/aromatic N) is 5. The van der Waals surface area contributed by atoms with Crippen LogP contribution in [0.2, 0.25) is 0 Å². The molecule has 2 amide bonds. The number of amides is 2. The average Bonchev–Trinajstić information content (AvgIpc) is 3.19. The molecule has 1 aromatic carbocycles. The lowest BCUT2D eigenvalue weighted by Crippen LogP contribution is -2.12. The third-order valence-corrected chi connectivity index (χ3v) is 3.62. The van der Waals surface area contributed by atoms with Crippen molar-refractivity contribution in [2.24, 2.45) is 5.73 Å². The molecular weight excluding hydrogens is 306 g/mol. The Kier molecular flexibility index (Phi) is 3.58. The molecule has 3 N–H and O–H groups in total. The standard InChI is InChI=1S/C12H9N7O2S/c13-10(20)9-5-14-12(22-9)16-11(21)7-2-1-3-8(4-7)19-6-15-17-18-19/h1-6H,(H2,13,20)(H,14,16,21). The number of nitrogens with two attached hydrogens (primary N) is 1. The van der Waals surface area contributed by atoms with Gasteiger partial charge >= 0.3 is 0 Å². The van der Waals surface area contributed by atoms with Crippen molar-refractivity contribution >= 4 is 28.3 Å². The van der Waals surface area contributed by atoms with E-state index in [0.717, 1.165) is 11.3 Å². The highest BCUT2D eigenvalue weighted by Crippen LogP contribution is 2.18. The summed E-state index contributed by atoms with van der Waals surface area (Å²) in [5, 5.41) is 13.7. The molecule has 0 radical (unpaired) electrons. The molecule has 22 heavy (non-hydrogen) atoms. The molecule has 0 unspecified atom stereocenters. The number of rotatable bonds is 4. The highest BCUT2D eigenvalue weighted by atomic mass is 32.1. The molecule has 3 rings (SSSR count). The smallest absolute Gasteiger partial charge is 0.260 e. The van der Waals surface area contributed by atoms with Gasteiger partial charge in [-0.15, -0.1) is 5.10 Å². The van der Waals surface area contributed by atoms with Crippen molar-refractivity contribution in [3.63, 3.8) is 0 Å². The molecule has 0 bridgehead atoms. The van der Waals surface area contributed by atoms with Gasteiger partial charge in [0, 0.05) is 5.56 Å². The van der Waals surface area contributed by atoms with E-state index in [1.54, 1.807) is 24.3 Å². The maximum absolute atomic E-state index is 12.2. The van der Waals surface area contributed by atoms with Crippen LogP contribution in [0, 0.1) is 0 Å². The minimum Gasteiger partial charge on any atom is -0.365 e. The lowest BCUT2D eigenvalue weighted by Gasteiger charge is -2.04. The lowest BCUT2D eigenvalue weighted by atomic mass is 10.2. The summed E-state index contributed by atoms with van der Waals surface area (Å²) in [6, 6.07) is 6.75. The van der Waals surface area contributed by atoms with E-state index in [0.29, 0.717) is 16.4 Å². The summed E-state index contributed by atoms with van der Waals surface area (Å²) in [4.78, 5) is 27.4. The fraction of sp³-hybridized carbons (Fsp3) is 0. The van der Waals surface area contributed by atoms with Gasteiger partial charge in [0.25, 0.3) is 11.8 Å². The third-order valence-electron chi connectivity index (χ3n) is 2.69. The molecule has 0 aliphatic carbocycles. The molecule has 10 heteroatoms. The number of thiazole rings is 1. The molecular formula is C12H9N7O2S. The van der Waals surface area contributed by atoms with E-state index in [2.05, 4.69) is 25.8 Å². The summed E-state index contributed by atoms with van der Waals surface area (Å²) in [6.07, 6.45) is 2.75. The summed E-state index contributed by atoms with van der Waals surface area (Å²) in [6.45, 7) is 0. The zero-order chi connectivity index (χ0) is 15.5. The number of nitrogens with one attached hydrogen (secondary N) is 1. The summed E-state index contributed by atoms with van der Waals surface area (Å²) in [5.41, 5.74) is 6.19. The number of hydrogen-bond acceptors (Lipinski definition) is 7. The van der Waals surface area contributed by atoms with Crippen LogP contribution < -0.4 is 11.1 Å². The van der Waals surface area contributed by atoms with Crippen LogP contribution in [-0.4, -0.2) is 37.0 Å². The van der Waals surface area contributed by atoms with Crippen molar-refractivity contribution in [3.05, 3.63) is 47.2 Å². The Morgan fingerprint density at radius 2 is 2.18 bits per heavy atom. The molecule has 0 aliphatic heterocycles. The quantitative estimate of drug-likeness (QED) is 0.720. The zero-order valence-corrected chi connectivity index (χ0v) is 11.8. The van der Waals surface area contributed by atoms with Crippen LogP contribution in [0.4, 0.5) is 5.13 Å². The number of tetrazole rings is 1. The van der Waals surface area contributed by atoms with Crippen LogP contribution in [0.3, 0.4) is 0 Å². The highest BCUT2D eigenvalue weighted by Gasteiger charge is 2.12. The molecule has 0 saturated heterocycles. The molecule has 2 heterocycles. The number of benzene rings is 1. The molecule has 0 spiro atoms. The van der Waals surface area contributed by atoms with Gasteiger partial charge in [0.15, 0.2) is 5.13 Å². The fourth-order valence-corrected chi connectivity index (χ4v) is 2.35. The van der Waals surface area contributed by atoms with Gasteiger partial charge in [0.2, 0.25) is 0 Å². The van der Waals surface area contributed by atoms with Crippen LogP contribution in [0.5, 0.6) is 0 Å². The number of primary amides is 1. The molecule has 0 aliphatic rings. The Bertz CT molecular complexity index is 828. The third kappa shape index (κ3) is 2.81. The first-order valence-corrected chi connectivity index (χ1v) is 6.85. The number of anilines is 1.